The topological polar surface area (TPSA) is 101 Å². The van der Waals surface area contributed by atoms with Gasteiger partial charge < -0.3 is 10.6 Å². The first-order valence-electron chi connectivity index (χ1n) is 7.62. The van der Waals surface area contributed by atoms with Crippen LogP contribution in [0.15, 0.2) is 12.4 Å². The molecule has 1 amide bonds. The highest BCUT2D eigenvalue weighted by molar-refractivity contribution is 7.91. The second-order valence-electron chi connectivity index (χ2n) is 5.99. The highest BCUT2D eigenvalue weighted by atomic mass is 32.2. The van der Waals surface area contributed by atoms with Crippen molar-refractivity contribution in [2.75, 3.05) is 16.8 Å². The Morgan fingerprint density at radius 1 is 1.09 bits per heavy atom. The molecule has 2 aliphatic rings. The van der Waals surface area contributed by atoms with Crippen LogP contribution in [-0.2, 0) is 9.84 Å². The molecular weight excluding hydrogens is 304 g/mol. The molecule has 2 N–H and O–H groups in total. The molecule has 0 radical (unpaired) electrons. The third-order valence-electron chi connectivity index (χ3n) is 4.17. The maximum Gasteiger partial charge on any atom is 0.254 e. The number of carbonyl (C=O) groups is 1. The summed E-state index contributed by atoms with van der Waals surface area (Å²) in [6.45, 7) is 0. The number of hydrogen-bond donors (Lipinski definition) is 2. The summed E-state index contributed by atoms with van der Waals surface area (Å²) in [5.74, 6) is 0.362. The predicted molar refractivity (Wildman–Crippen MR) is 82.4 cm³/mol. The van der Waals surface area contributed by atoms with Gasteiger partial charge >= 0.3 is 0 Å². The fourth-order valence-corrected chi connectivity index (χ4v) is 4.62. The number of sulfone groups is 1. The van der Waals surface area contributed by atoms with E-state index >= 15 is 0 Å². The van der Waals surface area contributed by atoms with Crippen LogP contribution in [0, 0.1) is 0 Å². The van der Waals surface area contributed by atoms with Gasteiger partial charge in [-0.1, -0.05) is 12.8 Å². The molecule has 1 aromatic rings. The number of nitrogens with one attached hydrogen (secondary N) is 2. The highest BCUT2D eigenvalue weighted by Crippen LogP contribution is 2.20. The molecule has 1 saturated heterocycles. The monoisotopic (exact) mass is 324 g/mol. The zero-order valence-corrected chi connectivity index (χ0v) is 13.1. The van der Waals surface area contributed by atoms with E-state index in [-0.39, 0.29) is 23.5 Å². The Morgan fingerprint density at radius 2 is 1.77 bits per heavy atom. The van der Waals surface area contributed by atoms with Gasteiger partial charge in [0.25, 0.3) is 5.91 Å². The van der Waals surface area contributed by atoms with Gasteiger partial charge in [-0.3, -0.25) is 4.79 Å². The van der Waals surface area contributed by atoms with E-state index in [1.54, 1.807) is 0 Å². The molecule has 22 heavy (non-hydrogen) atoms. The van der Waals surface area contributed by atoms with Crippen molar-refractivity contribution >= 4 is 21.7 Å². The Balaban J connectivity index is 1.56. The van der Waals surface area contributed by atoms with E-state index < -0.39 is 9.84 Å². The quantitative estimate of drug-likeness (QED) is 0.847. The summed E-state index contributed by atoms with van der Waals surface area (Å²) in [6, 6.07) is 0.108. The van der Waals surface area contributed by atoms with Crippen LogP contribution in [-0.4, -0.2) is 47.9 Å². The summed E-state index contributed by atoms with van der Waals surface area (Å²) in [6.07, 6.45) is 8.12. The van der Waals surface area contributed by atoms with Gasteiger partial charge in [0.2, 0.25) is 5.95 Å². The summed E-state index contributed by atoms with van der Waals surface area (Å²) < 4.78 is 22.8. The summed E-state index contributed by atoms with van der Waals surface area (Å²) in [7, 11) is -3.00. The van der Waals surface area contributed by atoms with E-state index in [1.807, 2.05) is 0 Å². The largest absolute Gasteiger partial charge is 0.351 e. The third-order valence-corrected chi connectivity index (χ3v) is 5.94. The molecule has 8 heteroatoms. The van der Waals surface area contributed by atoms with Gasteiger partial charge in [0.15, 0.2) is 9.84 Å². The molecule has 0 spiro atoms. The van der Waals surface area contributed by atoms with Crippen LogP contribution in [0.5, 0.6) is 0 Å². The first-order chi connectivity index (χ1) is 10.5. The molecule has 1 aromatic heterocycles. The van der Waals surface area contributed by atoms with Gasteiger partial charge in [-0.2, -0.15) is 0 Å². The molecule has 1 aliphatic carbocycles. The standard InChI is InChI=1S/C14H20N4O3S/c19-13(17-12-5-6-22(20,21)9-12)10-7-15-14(16-8-10)18-11-3-1-2-4-11/h7-8,11-12H,1-6,9H2,(H,17,19)(H,15,16,18). The minimum atomic E-state index is -3.00. The summed E-state index contributed by atoms with van der Waals surface area (Å²) >= 11 is 0. The number of hydrogen-bond acceptors (Lipinski definition) is 6. The number of carbonyl (C=O) groups excluding carboxylic acids is 1. The molecule has 7 nitrogen and oxygen atoms in total. The molecule has 0 bridgehead atoms. The predicted octanol–water partition coefficient (Wildman–Crippen LogP) is 0.748. The lowest BCUT2D eigenvalue weighted by molar-refractivity contribution is 0.0940. The number of rotatable bonds is 4. The van der Waals surface area contributed by atoms with Crippen LogP contribution in [0.3, 0.4) is 0 Å². The number of aromatic nitrogens is 2. The Hall–Kier alpha value is -1.70. The second kappa shape index (κ2) is 6.20. The van der Waals surface area contributed by atoms with Gasteiger partial charge in [-0.15, -0.1) is 0 Å². The molecule has 0 aromatic carbocycles. The minimum absolute atomic E-state index is 0.0148. The van der Waals surface area contributed by atoms with E-state index in [0.29, 0.717) is 24.0 Å². The van der Waals surface area contributed by atoms with Crippen LogP contribution in [0.2, 0.25) is 0 Å². The molecule has 1 unspecified atom stereocenters. The fourth-order valence-electron chi connectivity index (χ4n) is 2.95. The maximum atomic E-state index is 12.1. The lowest BCUT2D eigenvalue weighted by Crippen LogP contribution is -2.35. The molecule has 1 saturated carbocycles. The fraction of sp³-hybridized carbons (Fsp3) is 0.643. The van der Waals surface area contributed by atoms with E-state index in [9.17, 15) is 13.2 Å². The first kappa shape index (κ1) is 15.2. The first-order valence-corrected chi connectivity index (χ1v) is 9.44. The molecule has 120 valence electrons. The van der Waals surface area contributed by atoms with E-state index in [0.717, 1.165) is 12.8 Å². The molecule has 2 heterocycles. The zero-order valence-electron chi connectivity index (χ0n) is 12.3. The smallest absolute Gasteiger partial charge is 0.254 e. The van der Waals surface area contributed by atoms with Crippen molar-refractivity contribution in [3.63, 3.8) is 0 Å². The van der Waals surface area contributed by atoms with Gasteiger partial charge in [-0.25, -0.2) is 18.4 Å². The van der Waals surface area contributed by atoms with Crippen molar-refractivity contribution in [1.82, 2.24) is 15.3 Å². The van der Waals surface area contributed by atoms with Crippen LogP contribution >= 0.6 is 0 Å². The zero-order chi connectivity index (χ0) is 15.6. The van der Waals surface area contributed by atoms with Crippen molar-refractivity contribution in [1.29, 1.82) is 0 Å². The van der Waals surface area contributed by atoms with E-state index in [2.05, 4.69) is 20.6 Å². The van der Waals surface area contributed by atoms with Crippen molar-refractivity contribution in [3.05, 3.63) is 18.0 Å². The van der Waals surface area contributed by atoms with Crippen LogP contribution in [0.25, 0.3) is 0 Å². The normalized spacial score (nSPS) is 24.3. The Morgan fingerprint density at radius 3 is 2.36 bits per heavy atom. The molecular formula is C14H20N4O3S. The lowest BCUT2D eigenvalue weighted by Gasteiger charge is -2.12. The SMILES string of the molecule is O=C(NC1CCS(=O)(=O)C1)c1cnc(NC2CCCC2)nc1. The minimum Gasteiger partial charge on any atom is -0.351 e. The number of nitrogens with zero attached hydrogens (tertiary/aromatic N) is 2. The average Bonchev–Trinajstić information content (AvgIpc) is 3.09. The van der Waals surface area contributed by atoms with E-state index in [4.69, 9.17) is 0 Å². The average molecular weight is 324 g/mol. The third kappa shape index (κ3) is 3.73. The molecule has 3 rings (SSSR count). The van der Waals surface area contributed by atoms with Crippen molar-refractivity contribution in [2.24, 2.45) is 0 Å². The van der Waals surface area contributed by atoms with Gasteiger partial charge in [0.1, 0.15) is 0 Å². The summed E-state index contributed by atoms with van der Waals surface area (Å²) in [5.41, 5.74) is 0.348. The summed E-state index contributed by atoms with van der Waals surface area (Å²) in [5, 5.41) is 5.98. The molecule has 1 atom stereocenters. The number of anilines is 1. The van der Waals surface area contributed by atoms with Gasteiger partial charge in [0.05, 0.1) is 17.1 Å². The maximum absolute atomic E-state index is 12.1. The van der Waals surface area contributed by atoms with E-state index in [1.165, 1.54) is 25.2 Å². The van der Waals surface area contributed by atoms with Crippen LogP contribution in [0.4, 0.5) is 5.95 Å². The highest BCUT2D eigenvalue weighted by Gasteiger charge is 2.29. The Kier molecular flexibility index (Phi) is 4.28. The van der Waals surface area contributed by atoms with Crippen molar-refractivity contribution in [3.8, 4) is 0 Å². The van der Waals surface area contributed by atoms with Crippen molar-refractivity contribution in [2.45, 2.75) is 44.2 Å². The second-order valence-corrected chi connectivity index (χ2v) is 8.22. The van der Waals surface area contributed by atoms with Gasteiger partial charge in [-0.05, 0) is 19.3 Å². The van der Waals surface area contributed by atoms with Crippen LogP contribution < -0.4 is 10.6 Å². The van der Waals surface area contributed by atoms with Crippen LogP contribution in [0.1, 0.15) is 42.5 Å². The number of amides is 1. The Bertz CT molecular complexity index is 639. The molecule has 1 aliphatic heterocycles. The Labute approximate surface area is 129 Å². The lowest BCUT2D eigenvalue weighted by atomic mass is 10.2. The molecule has 2 fully saturated rings. The van der Waals surface area contributed by atoms with Crippen molar-refractivity contribution < 1.29 is 13.2 Å². The summed E-state index contributed by atoms with van der Waals surface area (Å²) in [4.78, 5) is 20.4. The van der Waals surface area contributed by atoms with Gasteiger partial charge in [0, 0.05) is 24.5 Å².